The summed E-state index contributed by atoms with van der Waals surface area (Å²) in [5.74, 6) is 1.10. The van der Waals surface area contributed by atoms with E-state index in [0.29, 0.717) is 24.3 Å². The van der Waals surface area contributed by atoms with Crippen molar-refractivity contribution in [1.82, 2.24) is 9.88 Å². The topological polar surface area (TPSA) is 54.8 Å². The molecule has 1 aliphatic rings. The first-order valence-corrected chi connectivity index (χ1v) is 6.83. The van der Waals surface area contributed by atoms with Gasteiger partial charge in [-0.05, 0) is 45.0 Å². The number of hydrogen-bond donors (Lipinski definition) is 1. The Morgan fingerprint density at radius 1 is 1.42 bits per heavy atom. The maximum atomic E-state index is 8.78. The van der Waals surface area contributed by atoms with Crippen LogP contribution >= 0.6 is 0 Å². The van der Waals surface area contributed by atoms with Gasteiger partial charge in [-0.2, -0.15) is 0 Å². The molecule has 106 valence electrons. The van der Waals surface area contributed by atoms with Crippen molar-refractivity contribution in [3.63, 3.8) is 0 Å². The molecular weight excluding hydrogens is 244 g/mol. The fourth-order valence-corrected chi connectivity index (χ4v) is 2.39. The van der Waals surface area contributed by atoms with Gasteiger partial charge in [0.15, 0.2) is 5.75 Å². The Balaban J connectivity index is 1.81. The predicted molar refractivity (Wildman–Crippen MR) is 72.6 cm³/mol. The number of pyridine rings is 1. The fraction of sp³-hybridized carbons (Fsp3) is 0.643. The first-order valence-electron chi connectivity index (χ1n) is 6.83. The molecule has 1 aromatic rings. The largest absolute Gasteiger partial charge is 0.486 e. The number of likely N-dealkylation sites (tertiary alicyclic amines) is 1. The predicted octanol–water partition coefficient (Wildman–Crippen LogP) is 1.32. The van der Waals surface area contributed by atoms with Crippen molar-refractivity contribution in [1.29, 1.82) is 0 Å². The highest BCUT2D eigenvalue weighted by Gasteiger charge is 2.20. The third kappa shape index (κ3) is 4.08. The SMILES string of the molecule is CN1CCCC1CCOc1ncccc1OCCO. The minimum absolute atomic E-state index is 0.0127. The fourth-order valence-electron chi connectivity index (χ4n) is 2.39. The summed E-state index contributed by atoms with van der Waals surface area (Å²) in [6, 6.07) is 4.22. The number of aliphatic hydroxyl groups is 1. The van der Waals surface area contributed by atoms with E-state index in [0.717, 1.165) is 6.42 Å². The zero-order valence-electron chi connectivity index (χ0n) is 11.4. The van der Waals surface area contributed by atoms with E-state index in [1.807, 2.05) is 0 Å². The molecule has 0 radical (unpaired) electrons. The van der Waals surface area contributed by atoms with Crippen molar-refractivity contribution < 1.29 is 14.6 Å². The Kier molecular flexibility index (Phi) is 5.42. The molecule has 0 saturated carbocycles. The molecule has 0 spiro atoms. The second-order valence-electron chi connectivity index (χ2n) is 4.79. The van der Waals surface area contributed by atoms with Gasteiger partial charge in [0, 0.05) is 12.2 Å². The minimum atomic E-state index is -0.0127. The van der Waals surface area contributed by atoms with Crippen LogP contribution < -0.4 is 9.47 Å². The monoisotopic (exact) mass is 266 g/mol. The molecule has 1 aliphatic heterocycles. The second-order valence-corrected chi connectivity index (χ2v) is 4.79. The summed E-state index contributed by atoms with van der Waals surface area (Å²) < 4.78 is 11.1. The van der Waals surface area contributed by atoms with Gasteiger partial charge in [0.05, 0.1) is 13.2 Å². The van der Waals surface area contributed by atoms with E-state index in [4.69, 9.17) is 14.6 Å². The summed E-state index contributed by atoms with van der Waals surface area (Å²) in [5, 5.41) is 8.78. The standard InChI is InChI=1S/C14H22N2O3/c1-16-8-3-4-12(16)6-10-19-14-13(18-11-9-17)5-2-7-15-14/h2,5,7,12,17H,3-4,6,8-11H2,1H3. The average molecular weight is 266 g/mol. The maximum Gasteiger partial charge on any atom is 0.256 e. The van der Waals surface area contributed by atoms with E-state index in [2.05, 4.69) is 16.9 Å². The van der Waals surface area contributed by atoms with Crippen LogP contribution in [0.2, 0.25) is 0 Å². The highest BCUT2D eigenvalue weighted by Crippen LogP contribution is 2.24. The van der Waals surface area contributed by atoms with Gasteiger partial charge in [-0.25, -0.2) is 4.98 Å². The summed E-state index contributed by atoms with van der Waals surface area (Å²) in [7, 11) is 2.16. The number of aromatic nitrogens is 1. The second kappa shape index (κ2) is 7.31. The van der Waals surface area contributed by atoms with Crippen LogP contribution in [0.5, 0.6) is 11.6 Å². The molecule has 0 aliphatic carbocycles. The van der Waals surface area contributed by atoms with Gasteiger partial charge in [-0.1, -0.05) is 0 Å². The summed E-state index contributed by atoms with van der Waals surface area (Å²) in [5.41, 5.74) is 0. The van der Waals surface area contributed by atoms with Crippen molar-refractivity contribution in [3.05, 3.63) is 18.3 Å². The van der Waals surface area contributed by atoms with Crippen LogP contribution in [0.1, 0.15) is 19.3 Å². The molecular formula is C14H22N2O3. The first-order chi connectivity index (χ1) is 9.31. The van der Waals surface area contributed by atoms with E-state index in [1.54, 1.807) is 18.3 Å². The Labute approximate surface area is 114 Å². The molecule has 0 aromatic carbocycles. The maximum absolute atomic E-state index is 8.78. The van der Waals surface area contributed by atoms with E-state index in [9.17, 15) is 0 Å². The average Bonchev–Trinajstić information content (AvgIpc) is 2.83. The normalized spacial score (nSPS) is 19.6. The van der Waals surface area contributed by atoms with Crippen LogP contribution in [-0.4, -0.2) is 54.4 Å². The van der Waals surface area contributed by atoms with Crippen molar-refractivity contribution in [2.45, 2.75) is 25.3 Å². The Morgan fingerprint density at radius 2 is 2.32 bits per heavy atom. The van der Waals surface area contributed by atoms with Gasteiger partial charge in [0.25, 0.3) is 5.88 Å². The lowest BCUT2D eigenvalue weighted by Crippen LogP contribution is -2.26. The number of hydrogen-bond acceptors (Lipinski definition) is 5. The van der Waals surface area contributed by atoms with Gasteiger partial charge >= 0.3 is 0 Å². The molecule has 19 heavy (non-hydrogen) atoms. The molecule has 1 atom stereocenters. The molecule has 1 fully saturated rings. The smallest absolute Gasteiger partial charge is 0.256 e. The summed E-state index contributed by atoms with van der Waals surface area (Å²) in [6.45, 7) is 2.06. The van der Waals surface area contributed by atoms with Crippen LogP contribution in [-0.2, 0) is 0 Å². The molecule has 0 amide bonds. The van der Waals surface area contributed by atoms with Crippen LogP contribution in [0, 0.1) is 0 Å². The zero-order valence-corrected chi connectivity index (χ0v) is 11.4. The number of ether oxygens (including phenoxy) is 2. The minimum Gasteiger partial charge on any atom is -0.486 e. The van der Waals surface area contributed by atoms with E-state index in [-0.39, 0.29) is 13.2 Å². The van der Waals surface area contributed by atoms with Gasteiger partial charge in [-0.3, -0.25) is 0 Å². The van der Waals surface area contributed by atoms with E-state index >= 15 is 0 Å². The molecule has 2 rings (SSSR count). The number of nitrogens with zero attached hydrogens (tertiary/aromatic N) is 2. The lowest BCUT2D eigenvalue weighted by atomic mass is 10.1. The molecule has 1 saturated heterocycles. The van der Waals surface area contributed by atoms with Crippen LogP contribution in [0.15, 0.2) is 18.3 Å². The van der Waals surface area contributed by atoms with Crippen molar-refractivity contribution >= 4 is 0 Å². The number of rotatable bonds is 7. The van der Waals surface area contributed by atoms with Crippen LogP contribution in [0.25, 0.3) is 0 Å². The molecule has 1 aromatic heterocycles. The Bertz CT molecular complexity index is 387. The molecule has 2 heterocycles. The van der Waals surface area contributed by atoms with Crippen LogP contribution in [0.3, 0.4) is 0 Å². The highest BCUT2D eigenvalue weighted by atomic mass is 16.5. The molecule has 0 bridgehead atoms. The third-order valence-electron chi connectivity index (χ3n) is 3.45. The van der Waals surface area contributed by atoms with Crippen molar-refractivity contribution in [2.75, 3.05) is 33.4 Å². The Hall–Kier alpha value is -1.33. The summed E-state index contributed by atoms with van der Waals surface area (Å²) in [4.78, 5) is 6.55. The third-order valence-corrected chi connectivity index (χ3v) is 3.45. The van der Waals surface area contributed by atoms with E-state index in [1.165, 1.54) is 19.4 Å². The summed E-state index contributed by atoms with van der Waals surface area (Å²) in [6.07, 6.45) is 5.21. The molecule has 5 nitrogen and oxygen atoms in total. The van der Waals surface area contributed by atoms with Gasteiger partial charge in [0.1, 0.15) is 6.61 Å². The lowest BCUT2D eigenvalue weighted by molar-refractivity contribution is 0.186. The number of aliphatic hydroxyl groups excluding tert-OH is 1. The van der Waals surface area contributed by atoms with Gasteiger partial charge in [-0.15, -0.1) is 0 Å². The first kappa shape index (κ1) is 14.1. The molecule has 5 heteroatoms. The quantitative estimate of drug-likeness (QED) is 0.806. The molecule has 1 unspecified atom stereocenters. The van der Waals surface area contributed by atoms with Crippen molar-refractivity contribution in [2.24, 2.45) is 0 Å². The van der Waals surface area contributed by atoms with Crippen molar-refractivity contribution in [3.8, 4) is 11.6 Å². The lowest BCUT2D eigenvalue weighted by Gasteiger charge is -2.19. The molecule has 1 N–H and O–H groups in total. The summed E-state index contributed by atoms with van der Waals surface area (Å²) >= 11 is 0. The van der Waals surface area contributed by atoms with Crippen LogP contribution in [0.4, 0.5) is 0 Å². The Morgan fingerprint density at radius 3 is 3.05 bits per heavy atom. The van der Waals surface area contributed by atoms with Gasteiger partial charge in [0.2, 0.25) is 0 Å². The van der Waals surface area contributed by atoms with E-state index < -0.39 is 0 Å². The highest BCUT2D eigenvalue weighted by molar-refractivity contribution is 5.32. The zero-order chi connectivity index (χ0) is 13.5. The van der Waals surface area contributed by atoms with Gasteiger partial charge < -0.3 is 19.5 Å².